The molecule has 0 radical (unpaired) electrons. The Morgan fingerprint density at radius 2 is 1.06 bits per heavy atom. The number of carbonyl (C=O) groups is 2. The topological polar surface area (TPSA) is 130 Å². The molecule has 0 aliphatic carbocycles. The summed E-state index contributed by atoms with van der Waals surface area (Å²) in [4.78, 5) is 24.7. The highest BCUT2D eigenvalue weighted by Crippen LogP contribution is 2.10. The molecule has 0 bridgehead atoms. The SMILES string of the molecule is N#C[C@@H](C(=O)NCCNC(=O)[C@H](C#N)C(=S)Nc1ccccc1)C(=S)Nc1ccccc1. The van der Waals surface area contributed by atoms with Gasteiger partial charge in [-0.2, -0.15) is 10.5 Å². The lowest BCUT2D eigenvalue weighted by Gasteiger charge is -2.15. The number of hydrogen-bond donors (Lipinski definition) is 4. The van der Waals surface area contributed by atoms with Crippen LogP contribution in [0.4, 0.5) is 11.4 Å². The first-order valence-corrected chi connectivity index (χ1v) is 10.3. The number of nitriles is 2. The number of para-hydroxylation sites is 2. The maximum Gasteiger partial charge on any atom is 0.244 e. The van der Waals surface area contributed by atoms with E-state index < -0.39 is 23.7 Å². The summed E-state index contributed by atoms with van der Waals surface area (Å²) >= 11 is 10.3. The fourth-order valence-electron chi connectivity index (χ4n) is 2.52. The third kappa shape index (κ3) is 7.43. The lowest BCUT2D eigenvalue weighted by atomic mass is 10.1. The highest BCUT2D eigenvalue weighted by atomic mass is 32.1. The predicted molar refractivity (Wildman–Crippen MR) is 130 cm³/mol. The van der Waals surface area contributed by atoms with Gasteiger partial charge >= 0.3 is 0 Å². The standard InChI is InChI=1S/C22H20N6O2S2/c23-13-17(21(31)27-15-7-3-1-4-8-15)19(29)25-11-12-26-20(30)18(14-24)22(32)28-16-9-5-2-6-10-16/h1-10,17-18H,11-12H2,(H,25,29)(H,26,30)(H,27,31)(H,28,32)/t17-,18-/m0/s1. The number of thiocarbonyl (C=S) groups is 2. The maximum absolute atomic E-state index is 12.3. The average Bonchev–Trinajstić information content (AvgIpc) is 2.79. The minimum absolute atomic E-state index is 0.0493. The largest absolute Gasteiger partial charge is 0.353 e. The van der Waals surface area contributed by atoms with Gasteiger partial charge in [0, 0.05) is 24.5 Å². The molecule has 0 saturated heterocycles. The second kappa shape index (κ2) is 12.7. The lowest BCUT2D eigenvalue weighted by molar-refractivity contribution is -0.123. The monoisotopic (exact) mass is 464 g/mol. The second-order valence-electron chi connectivity index (χ2n) is 6.42. The summed E-state index contributed by atoms with van der Waals surface area (Å²) in [6.45, 7) is 0.0987. The van der Waals surface area contributed by atoms with Crippen molar-refractivity contribution in [1.29, 1.82) is 10.5 Å². The van der Waals surface area contributed by atoms with Crippen LogP contribution in [-0.2, 0) is 9.59 Å². The molecular formula is C22H20N6O2S2. The number of benzene rings is 2. The van der Waals surface area contributed by atoms with Crippen molar-refractivity contribution in [1.82, 2.24) is 10.6 Å². The first-order valence-electron chi connectivity index (χ1n) is 9.52. The molecule has 10 heteroatoms. The molecule has 2 rings (SSSR count). The van der Waals surface area contributed by atoms with Crippen LogP contribution in [0.5, 0.6) is 0 Å². The van der Waals surface area contributed by atoms with E-state index >= 15 is 0 Å². The Balaban J connectivity index is 1.79. The van der Waals surface area contributed by atoms with E-state index in [1.807, 2.05) is 24.3 Å². The summed E-state index contributed by atoms with van der Waals surface area (Å²) in [5, 5.41) is 29.4. The van der Waals surface area contributed by atoms with Crippen LogP contribution in [0.25, 0.3) is 0 Å². The van der Waals surface area contributed by atoms with Gasteiger partial charge in [0.25, 0.3) is 0 Å². The number of anilines is 2. The molecule has 2 amide bonds. The van der Waals surface area contributed by atoms with Crippen molar-refractivity contribution in [2.45, 2.75) is 0 Å². The Bertz CT molecular complexity index is 962. The summed E-state index contributed by atoms with van der Waals surface area (Å²) < 4.78 is 0. The predicted octanol–water partition coefficient (Wildman–Crippen LogP) is 2.38. The van der Waals surface area contributed by atoms with E-state index in [0.717, 1.165) is 0 Å². The molecule has 0 aromatic heterocycles. The first-order chi connectivity index (χ1) is 15.5. The van der Waals surface area contributed by atoms with E-state index in [2.05, 4.69) is 21.3 Å². The molecule has 2 atom stereocenters. The number of hydrogen-bond acceptors (Lipinski definition) is 6. The molecule has 0 unspecified atom stereocenters. The van der Waals surface area contributed by atoms with Crippen LogP contribution >= 0.6 is 24.4 Å². The van der Waals surface area contributed by atoms with Crippen LogP contribution in [0.2, 0.25) is 0 Å². The molecule has 2 aromatic rings. The van der Waals surface area contributed by atoms with Gasteiger partial charge in [-0.15, -0.1) is 0 Å². The Morgan fingerprint density at radius 3 is 1.38 bits per heavy atom. The van der Waals surface area contributed by atoms with E-state index in [-0.39, 0.29) is 23.1 Å². The first kappa shape index (κ1) is 24.4. The highest BCUT2D eigenvalue weighted by molar-refractivity contribution is 7.81. The van der Waals surface area contributed by atoms with E-state index in [9.17, 15) is 20.1 Å². The second-order valence-corrected chi connectivity index (χ2v) is 7.30. The molecule has 0 fully saturated rings. The zero-order chi connectivity index (χ0) is 23.3. The molecule has 0 aliphatic rings. The quantitative estimate of drug-likeness (QED) is 0.329. The molecule has 8 nitrogen and oxygen atoms in total. The van der Waals surface area contributed by atoms with Gasteiger partial charge in [-0.1, -0.05) is 60.8 Å². The third-order valence-corrected chi connectivity index (χ3v) is 4.79. The van der Waals surface area contributed by atoms with Gasteiger partial charge in [0.05, 0.1) is 12.1 Å². The van der Waals surface area contributed by atoms with Crippen LogP contribution in [-0.4, -0.2) is 34.9 Å². The maximum atomic E-state index is 12.3. The van der Waals surface area contributed by atoms with Crippen LogP contribution in [0.1, 0.15) is 0 Å². The zero-order valence-electron chi connectivity index (χ0n) is 16.9. The fourth-order valence-corrected chi connectivity index (χ4v) is 3.08. The molecule has 32 heavy (non-hydrogen) atoms. The van der Waals surface area contributed by atoms with Crippen LogP contribution in [0.15, 0.2) is 60.7 Å². The molecule has 0 saturated carbocycles. The molecule has 4 N–H and O–H groups in total. The fraction of sp³-hybridized carbons (Fsp3) is 0.182. The normalized spacial score (nSPS) is 11.6. The molecular weight excluding hydrogens is 444 g/mol. The number of nitrogens with one attached hydrogen (secondary N) is 4. The van der Waals surface area contributed by atoms with Gasteiger partial charge in [0.2, 0.25) is 11.8 Å². The number of carbonyl (C=O) groups excluding carboxylic acids is 2. The van der Waals surface area contributed by atoms with Gasteiger partial charge in [-0.05, 0) is 24.3 Å². The van der Waals surface area contributed by atoms with Crippen molar-refractivity contribution in [3.05, 3.63) is 60.7 Å². The van der Waals surface area contributed by atoms with Crippen LogP contribution in [0.3, 0.4) is 0 Å². The Kier molecular flexibility index (Phi) is 9.72. The lowest BCUT2D eigenvalue weighted by Crippen LogP contribution is -2.43. The Hall–Kier alpha value is -3.86. The van der Waals surface area contributed by atoms with Crippen molar-refractivity contribution in [3.63, 3.8) is 0 Å². The molecule has 0 spiro atoms. The highest BCUT2D eigenvalue weighted by Gasteiger charge is 2.24. The van der Waals surface area contributed by atoms with Crippen molar-refractivity contribution in [3.8, 4) is 12.1 Å². The molecule has 0 heterocycles. The van der Waals surface area contributed by atoms with Gasteiger partial charge in [0.15, 0.2) is 11.8 Å². The van der Waals surface area contributed by atoms with Gasteiger partial charge < -0.3 is 21.3 Å². The van der Waals surface area contributed by atoms with E-state index in [1.165, 1.54) is 0 Å². The van der Waals surface area contributed by atoms with Crippen LogP contribution in [0, 0.1) is 34.5 Å². The summed E-state index contributed by atoms with van der Waals surface area (Å²) in [5.41, 5.74) is 1.33. The van der Waals surface area contributed by atoms with Gasteiger partial charge in [-0.25, -0.2) is 0 Å². The van der Waals surface area contributed by atoms with Crippen molar-refractivity contribution in [2.24, 2.45) is 11.8 Å². The molecule has 162 valence electrons. The summed E-state index contributed by atoms with van der Waals surface area (Å²) in [6.07, 6.45) is 0. The van der Waals surface area contributed by atoms with Crippen molar-refractivity contribution < 1.29 is 9.59 Å². The van der Waals surface area contributed by atoms with Gasteiger partial charge in [-0.3, -0.25) is 9.59 Å². The van der Waals surface area contributed by atoms with E-state index in [0.29, 0.717) is 11.4 Å². The van der Waals surface area contributed by atoms with Crippen molar-refractivity contribution in [2.75, 3.05) is 23.7 Å². The number of amides is 2. The number of nitrogens with zero attached hydrogens (tertiary/aromatic N) is 2. The Labute approximate surface area is 196 Å². The van der Waals surface area contributed by atoms with Crippen molar-refractivity contribution >= 4 is 57.6 Å². The summed E-state index contributed by atoms with van der Waals surface area (Å²) in [7, 11) is 0. The Morgan fingerprint density at radius 1 is 0.719 bits per heavy atom. The minimum atomic E-state index is -1.18. The number of rotatable bonds is 9. The third-order valence-electron chi connectivity index (χ3n) is 4.11. The molecule has 0 aliphatic heterocycles. The van der Waals surface area contributed by atoms with Crippen LogP contribution < -0.4 is 21.3 Å². The average molecular weight is 465 g/mol. The van der Waals surface area contributed by atoms with Gasteiger partial charge in [0.1, 0.15) is 9.98 Å². The molecule has 2 aromatic carbocycles. The summed E-state index contributed by atoms with van der Waals surface area (Å²) in [6, 6.07) is 21.6. The minimum Gasteiger partial charge on any atom is -0.353 e. The smallest absolute Gasteiger partial charge is 0.244 e. The summed E-state index contributed by atoms with van der Waals surface area (Å²) in [5.74, 6) is -3.55. The van der Waals surface area contributed by atoms with E-state index in [1.54, 1.807) is 48.5 Å². The zero-order valence-corrected chi connectivity index (χ0v) is 18.5. The van der Waals surface area contributed by atoms with E-state index in [4.69, 9.17) is 24.4 Å².